The summed E-state index contributed by atoms with van der Waals surface area (Å²) in [6.45, 7) is 7.33. The minimum Gasteiger partial charge on any atom is -0.378 e. The van der Waals surface area contributed by atoms with Crippen LogP contribution in [0.5, 0.6) is 0 Å². The van der Waals surface area contributed by atoms with Crippen molar-refractivity contribution in [2.24, 2.45) is 0 Å². The van der Waals surface area contributed by atoms with Gasteiger partial charge < -0.3 is 15.0 Å². The molecule has 0 unspecified atom stereocenters. The van der Waals surface area contributed by atoms with Crippen LogP contribution in [-0.2, 0) is 4.74 Å². The van der Waals surface area contributed by atoms with E-state index in [-0.39, 0.29) is 0 Å². The summed E-state index contributed by atoms with van der Waals surface area (Å²) in [4.78, 5) is 11.9. The third kappa shape index (κ3) is 4.09. The highest BCUT2D eigenvalue weighted by atomic mass is 16.5. The van der Waals surface area contributed by atoms with Crippen molar-refractivity contribution in [3.05, 3.63) is 65.7 Å². The second-order valence-electron chi connectivity index (χ2n) is 6.84. The van der Waals surface area contributed by atoms with Crippen LogP contribution in [0.2, 0.25) is 0 Å². The Hall–Kier alpha value is -2.92. The van der Waals surface area contributed by atoms with Gasteiger partial charge in [0.25, 0.3) is 0 Å². The van der Waals surface area contributed by atoms with Gasteiger partial charge in [0.2, 0.25) is 0 Å². The van der Waals surface area contributed by atoms with Crippen LogP contribution in [0.25, 0.3) is 11.4 Å². The van der Waals surface area contributed by atoms with Crippen molar-refractivity contribution < 1.29 is 4.74 Å². The smallest absolute Gasteiger partial charge is 0.163 e. The average Bonchev–Trinajstić information content (AvgIpc) is 2.72. The zero-order valence-electron chi connectivity index (χ0n) is 15.8. The Morgan fingerprint density at radius 2 is 1.70 bits per heavy atom. The fourth-order valence-electron chi connectivity index (χ4n) is 3.18. The first-order valence-electron chi connectivity index (χ1n) is 9.30. The number of anilines is 3. The lowest BCUT2D eigenvalue weighted by Gasteiger charge is -2.28. The number of ether oxygens (including phenoxy) is 1. The minimum atomic E-state index is 0.727. The van der Waals surface area contributed by atoms with E-state index < -0.39 is 0 Å². The number of rotatable bonds is 4. The molecule has 4 rings (SSSR count). The van der Waals surface area contributed by atoms with Crippen LogP contribution in [0.3, 0.4) is 0 Å². The van der Waals surface area contributed by atoms with Gasteiger partial charge in [0, 0.05) is 30.4 Å². The van der Waals surface area contributed by atoms with Gasteiger partial charge in [0.05, 0.1) is 13.2 Å². The molecular weight excluding hydrogens is 336 g/mol. The highest BCUT2D eigenvalue weighted by Crippen LogP contribution is 2.26. The topological polar surface area (TPSA) is 50.3 Å². The molecular formula is C22H24N4O. The molecule has 0 radical (unpaired) electrons. The predicted molar refractivity (Wildman–Crippen MR) is 110 cm³/mol. The number of benzene rings is 2. The minimum absolute atomic E-state index is 0.727. The Morgan fingerprint density at radius 3 is 2.48 bits per heavy atom. The Kier molecular flexibility index (Phi) is 5.03. The van der Waals surface area contributed by atoms with Crippen LogP contribution < -0.4 is 10.2 Å². The van der Waals surface area contributed by atoms with Crippen LogP contribution in [0.4, 0.5) is 17.3 Å². The van der Waals surface area contributed by atoms with E-state index in [1.54, 1.807) is 0 Å². The van der Waals surface area contributed by atoms with Crippen LogP contribution in [0.1, 0.15) is 11.1 Å². The first-order valence-corrected chi connectivity index (χ1v) is 9.30. The highest BCUT2D eigenvalue weighted by molar-refractivity contribution is 5.67. The van der Waals surface area contributed by atoms with Gasteiger partial charge >= 0.3 is 0 Å². The predicted octanol–water partition coefficient (Wildman–Crippen LogP) is 4.34. The van der Waals surface area contributed by atoms with E-state index in [1.807, 2.05) is 36.4 Å². The summed E-state index contributed by atoms with van der Waals surface area (Å²) in [6.07, 6.45) is 0. The molecule has 138 valence electrons. The van der Waals surface area contributed by atoms with Gasteiger partial charge in [-0.3, -0.25) is 0 Å². The van der Waals surface area contributed by atoms with Crippen molar-refractivity contribution in [1.29, 1.82) is 0 Å². The molecule has 5 heteroatoms. The molecule has 5 nitrogen and oxygen atoms in total. The normalized spacial score (nSPS) is 14.2. The van der Waals surface area contributed by atoms with Gasteiger partial charge in [0.1, 0.15) is 11.6 Å². The van der Waals surface area contributed by atoms with Gasteiger partial charge in [-0.15, -0.1) is 0 Å². The summed E-state index contributed by atoms with van der Waals surface area (Å²) < 4.78 is 5.49. The van der Waals surface area contributed by atoms with Crippen molar-refractivity contribution >= 4 is 17.3 Å². The third-order valence-electron chi connectivity index (χ3n) is 4.74. The quantitative estimate of drug-likeness (QED) is 0.750. The van der Waals surface area contributed by atoms with Crippen LogP contribution in [0.15, 0.2) is 54.6 Å². The maximum atomic E-state index is 5.49. The first kappa shape index (κ1) is 17.5. The lowest BCUT2D eigenvalue weighted by Crippen LogP contribution is -2.36. The van der Waals surface area contributed by atoms with Crippen molar-refractivity contribution in [2.75, 3.05) is 36.5 Å². The Morgan fingerprint density at radius 1 is 0.926 bits per heavy atom. The van der Waals surface area contributed by atoms with E-state index in [2.05, 4.69) is 42.3 Å². The molecule has 0 bridgehead atoms. The monoisotopic (exact) mass is 360 g/mol. The van der Waals surface area contributed by atoms with E-state index in [9.17, 15) is 0 Å². The number of aryl methyl sites for hydroxylation is 2. The van der Waals surface area contributed by atoms with E-state index in [0.717, 1.165) is 55.0 Å². The maximum Gasteiger partial charge on any atom is 0.163 e. The molecule has 2 heterocycles. The molecule has 1 aliphatic heterocycles. The summed E-state index contributed by atoms with van der Waals surface area (Å²) in [6, 6.07) is 18.5. The second-order valence-corrected chi connectivity index (χ2v) is 6.84. The molecule has 1 fully saturated rings. The summed E-state index contributed by atoms with van der Waals surface area (Å²) in [7, 11) is 0. The molecule has 0 atom stereocenters. The fourth-order valence-corrected chi connectivity index (χ4v) is 3.18. The summed E-state index contributed by atoms with van der Waals surface area (Å²) in [5.74, 6) is 2.46. The molecule has 0 spiro atoms. The van der Waals surface area contributed by atoms with E-state index in [0.29, 0.717) is 0 Å². The molecule has 0 saturated carbocycles. The molecule has 1 saturated heterocycles. The van der Waals surface area contributed by atoms with Crippen molar-refractivity contribution in [3.8, 4) is 11.4 Å². The van der Waals surface area contributed by atoms with Crippen molar-refractivity contribution in [1.82, 2.24) is 9.97 Å². The SMILES string of the molecule is Cc1ccc(C)c(Nc2cc(N3CCOCC3)nc(-c3ccccc3)n2)c1. The molecule has 3 aromatic rings. The first-order chi connectivity index (χ1) is 13.2. The molecule has 1 aliphatic rings. The van der Waals surface area contributed by atoms with Gasteiger partial charge in [-0.1, -0.05) is 42.5 Å². The van der Waals surface area contributed by atoms with Crippen LogP contribution in [-0.4, -0.2) is 36.3 Å². The Labute approximate surface area is 160 Å². The molecule has 27 heavy (non-hydrogen) atoms. The van der Waals surface area contributed by atoms with Gasteiger partial charge in [0.15, 0.2) is 5.82 Å². The number of hydrogen-bond donors (Lipinski definition) is 1. The number of aromatic nitrogens is 2. The number of nitrogens with zero attached hydrogens (tertiary/aromatic N) is 3. The van der Waals surface area contributed by atoms with Gasteiger partial charge in [-0.05, 0) is 31.0 Å². The lowest BCUT2D eigenvalue weighted by atomic mass is 10.1. The summed E-state index contributed by atoms with van der Waals surface area (Å²) in [5, 5.41) is 3.49. The van der Waals surface area contributed by atoms with E-state index in [1.165, 1.54) is 11.1 Å². The third-order valence-corrected chi connectivity index (χ3v) is 4.74. The van der Waals surface area contributed by atoms with E-state index >= 15 is 0 Å². The molecule has 0 aliphatic carbocycles. The summed E-state index contributed by atoms with van der Waals surface area (Å²) in [5.41, 5.74) is 4.49. The molecule has 1 N–H and O–H groups in total. The van der Waals surface area contributed by atoms with Gasteiger partial charge in [-0.25, -0.2) is 9.97 Å². The van der Waals surface area contributed by atoms with Gasteiger partial charge in [-0.2, -0.15) is 0 Å². The zero-order chi connectivity index (χ0) is 18.6. The zero-order valence-corrected chi connectivity index (χ0v) is 15.8. The summed E-state index contributed by atoms with van der Waals surface area (Å²) >= 11 is 0. The van der Waals surface area contributed by atoms with Crippen LogP contribution in [0, 0.1) is 13.8 Å². The fraction of sp³-hybridized carbons (Fsp3) is 0.273. The highest BCUT2D eigenvalue weighted by Gasteiger charge is 2.16. The van der Waals surface area contributed by atoms with Crippen molar-refractivity contribution in [3.63, 3.8) is 0 Å². The van der Waals surface area contributed by atoms with E-state index in [4.69, 9.17) is 14.7 Å². The van der Waals surface area contributed by atoms with Crippen LogP contribution >= 0.6 is 0 Å². The number of hydrogen-bond acceptors (Lipinski definition) is 5. The lowest BCUT2D eigenvalue weighted by molar-refractivity contribution is 0.122. The standard InChI is InChI=1S/C22H24N4O/c1-16-8-9-17(2)19(14-16)23-20-15-21(26-10-12-27-13-11-26)25-22(24-20)18-6-4-3-5-7-18/h3-9,14-15H,10-13H2,1-2H3,(H,23,24,25). The number of morpholine rings is 1. The molecule has 2 aromatic carbocycles. The Balaban J connectivity index is 1.74. The number of nitrogens with one attached hydrogen (secondary N) is 1. The average molecular weight is 360 g/mol. The molecule has 1 aromatic heterocycles. The largest absolute Gasteiger partial charge is 0.378 e. The Bertz CT molecular complexity index is 921. The maximum absolute atomic E-state index is 5.49. The van der Waals surface area contributed by atoms with Crippen molar-refractivity contribution in [2.45, 2.75) is 13.8 Å². The second kappa shape index (κ2) is 7.76. The molecule has 0 amide bonds.